The number of nitrogens with one attached hydrogen (secondary N) is 2. The summed E-state index contributed by atoms with van der Waals surface area (Å²) in [6.45, 7) is 3.66. The van der Waals surface area contributed by atoms with Crippen LogP contribution in [0.4, 0.5) is 10.1 Å². The van der Waals surface area contributed by atoms with E-state index in [1.54, 1.807) is 7.11 Å². The molecule has 1 amide bonds. The number of H-pyrrole nitrogens is 1. The molecule has 0 bridgehead atoms. The minimum atomic E-state index is -0.828. The molecule has 2 aromatic carbocycles. The van der Waals surface area contributed by atoms with E-state index >= 15 is 0 Å². The van der Waals surface area contributed by atoms with Crippen molar-refractivity contribution in [1.82, 2.24) is 4.98 Å². The summed E-state index contributed by atoms with van der Waals surface area (Å²) in [5.74, 6) is -0.0311. The molecule has 0 saturated carbocycles. The van der Waals surface area contributed by atoms with Crippen molar-refractivity contribution in [1.29, 1.82) is 0 Å². The molecule has 3 rings (SSSR count). The van der Waals surface area contributed by atoms with Gasteiger partial charge in [-0.1, -0.05) is 11.6 Å². The average Bonchev–Trinajstić information content (AvgIpc) is 3.01. The van der Waals surface area contributed by atoms with Crippen LogP contribution in [0.3, 0.4) is 0 Å². The van der Waals surface area contributed by atoms with Crippen molar-refractivity contribution in [3.63, 3.8) is 0 Å². The van der Waals surface area contributed by atoms with Gasteiger partial charge in [-0.2, -0.15) is 0 Å². The predicted octanol–water partition coefficient (Wildman–Crippen LogP) is 4.89. The molecular formula is C19H18ClFN2O2. The van der Waals surface area contributed by atoms with E-state index in [0.29, 0.717) is 5.69 Å². The molecule has 4 nitrogen and oxygen atoms in total. The SMILES string of the molecule is COc1ccc2[nH]cc(C(C)(C)C(=O)Nc3ccc(F)c(Cl)c3)c2c1. The summed E-state index contributed by atoms with van der Waals surface area (Å²) in [7, 11) is 1.60. The van der Waals surface area contributed by atoms with Crippen molar-refractivity contribution in [2.24, 2.45) is 0 Å². The lowest BCUT2D eigenvalue weighted by molar-refractivity contribution is -0.120. The molecule has 0 radical (unpaired) electrons. The van der Waals surface area contributed by atoms with E-state index in [1.165, 1.54) is 18.2 Å². The first-order chi connectivity index (χ1) is 11.8. The number of hydrogen-bond donors (Lipinski definition) is 2. The summed E-state index contributed by atoms with van der Waals surface area (Å²) in [6, 6.07) is 9.75. The Balaban J connectivity index is 1.94. The molecule has 25 heavy (non-hydrogen) atoms. The van der Waals surface area contributed by atoms with Crippen molar-refractivity contribution in [3.8, 4) is 5.75 Å². The van der Waals surface area contributed by atoms with Gasteiger partial charge in [-0.05, 0) is 55.8 Å². The third-order valence-electron chi connectivity index (χ3n) is 4.31. The van der Waals surface area contributed by atoms with Crippen LogP contribution in [0.15, 0.2) is 42.6 Å². The average molecular weight is 361 g/mol. The molecule has 0 fully saturated rings. The maximum Gasteiger partial charge on any atom is 0.234 e. The standard InChI is InChI=1S/C19H18ClFN2O2/c1-19(2,18(24)23-11-4-6-16(21)15(20)8-11)14-10-22-17-7-5-12(25-3)9-13(14)17/h4-10,22H,1-3H3,(H,23,24). The molecule has 1 aromatic heterocycles. The first-order valence-corrected chi connectivity index (χ1v) is 8.13. The molecule has 3 aromatic rings. The van der Waals surface area contributed by atoms with E-state index in [2.05, 4.69) is 10.3 Å². The van der Waals surface area contributed by atoms with Crippen LogP contribution in [0.5, 0.6) is 5.75 Å². The predicted molar refractivity (Wildman–Crippen MR) is 97.9 cm³/mol. The normalized spacial score (nSPS) is 11.6. The van der Waals surface area contributed by atoms with Gasteiger partial charge in [-0.3, -0.25) is 4.79 Å². The van der Waals surface area contributed by atoms with Crippen molar-refractivity contribution < 1.29 is 13.9 Å². The second-order valence-corrected chi connectivity index (χ2v) is 6.73. The number of aromatic nitrogens is 1. The number of benzene rings is 2. The van der Waals surface area contributed by atoms with Gasteiger partial charge in [0.05, 0.1) is 17.5 Å². The maximum absolute atomic E-state index is 13.3. The molecule has 0 aliphatic rings. The van der Waals surface area contributed by atoms with E-state index in [9.17, 15) is 9.18 Å². The summed E-state index contributed by atoms with van der Waals surface area (Å²) < 4.78 is 18.6. The monoisotopic (exact) mass is 360 g/mol. The zero-order valence-corrected chi connectivity index (χ0v) is 14.9. The summed E-state index contributed by atoms with van der Waals surface area (Å²) in [5, 5.41) is 3.68. The van der Waals surface area contributed by atoms with Gasteiger partial charge < -0.3 is 15.0 Å². The van der Waals surface area contributed by atoms with Crippen LogP contribution >= 0.6 is 11.6 Å². The highest BCUT2D eigenvalue weighted by molar-refractivity contribution is 6.31. The van der Waals surface area contributed by atoms with Crippen LogP contribution in [0.25, 0.3) is 10.9 Å². The quantitative estimate of drug-likeness (QED) is 0.696. The number of carbonyl (C=O) groups is 1. The van der Waals surface area contributed by atoms with Crippen LogP contribution in [-0.2, 0) is 10.2 Å². The maximum atomic E-state index is 13.3. The molecule has 2 N–H and O–H groups in total. The Bertz CT molecular complexity index is 950. The second-order valence-electron chi connectivity index (χ2n) is 6.32. The molecule has 0 saturated heterocycles. The van der Waals surface area contributed by atoms with Gasteiger partial charge in [0.15, 0.2) is 0 Å². The topological polar surface area (TPSA) is 54.1 Å². The van der Waals surface area contributed by atoms with E-state index in [0.717, 1.165) is 22.2 Å². The first-order valence-electron chi connectivity index (χ1n) is 7.75. The van der Waals surface area contributed by atoms with Gasteiger partial charge in [0.25, 0.3) is 0 Å². The Morgan fingerprint density at radius 1 is 1.24 bits per heavy atom. The molecule has 0 aliphatic carbocycles. The fourth-order valence-electron chi connectivity index (χ4n) is 2.73. The van der Waals surface area contributed by atoms with Gasteiger partial charge in [0.2, 0.25) is 5.91 Å². The molecule has 0 spiro atoms. The van der Waals surface area contributed by atoms with Crippen LogP contribution in [-0.4, -0.2) is 18.0 Å². The van der Waals surface area contributed by atoms with E-state index < -0.39 is 11.2 Å². The Hall–Kier alpha value is -2.53. The van der Waals surface area contributed by atoms with Crippen molar-refractivity contribution in [2.45, 2.75) is 19.3 Å². The zero-order chi connectivity index (χ0) is 18.2. The summed E-state index contributed by atoms with van der Waals surface area (Å²) in [4.78, 5) is 16.0. The van der Waals surface area contributed by atoms with Crippen molar-refractivity contribution in [3.05, 3.63) is 59.0 Å². The van der Waals surface area contributed by atoms with Gasteiger partial charge in [0, 0.05) is 22.8 Å². The number of methoxy groups -OCH3 is 1. The molecule has 1 heterocycles. The lowest BCUT2D eigenvalue weighted by Crippen LogP contribution is -2.34. The van der Waals surface area contributed by atoms with Crippen LogP contribution in [0.2, 0.25) is 5.02 Å². The Morgan fingerprint density at radius 3 is 2.68 bits per heavy atom. The van der Waals surface area contributed by atoms with E-state index in [4.69, 9.17) is 16.3 Å². The van der Waals surface area contributed by atoms with Crippen LogP contribution in [0, 0.1) is 5.82 Å². The number of fused-ring (bicyclic) bond motifs is 1. The number of carbonyl (C=O) groups excluding carboxylic acids is 1. The van der Waals surface area contributed by atoms with Gasteiger partial charge >= 0.3 is 0 Å². The minimum Gasteiger partial charge on any atom is -0.497 e. The molecule has 0 atom stereocenters. The molecule has 0 unspecified atom stereocenters. The lowest BCUT2D eigenvalue weighted by atomic mass is 9.83. The minimum absolute atomic E-state index is 0.0348. The highest BCUT2D eigenvalue weighted by atomic mass is 35.5. The fraction of sp³-hybridized carbons (Fsp3) is 0.211. The molecule has 0 aliphatic heterocycles. The Morgan fingerprint density at radius 2 is 2.00 bits per heavy atom. The first kappa shape index (κ1) is 17.3. The van der Waals surface area contributed by atoms with E-state index in [-0.39, 0.29) is 10.9 Å². The molecule has 130 valence electrons. The highest BCUT2D eigenvalue weighted by Gasteiger charge is 2.32. The van der Waals surface area contributed by atoms with E-state index in [1.807, 2.05) is 38.2 Å². The number of hydrogen-bond acceptors (Lipinski definition) is 2. The Kier molecular flexibility index (Phi) is 4.43. The van der Waals surface area contributed by atoms with Crippen LogP contribution in [0.1, 0.15) is 19.4 Å². The molecule has 6 heteroatoms. The number of amides is 1. The largest absolute Gasteiger partial charge is 0.497 e. The van der Waals surface area contributed by atoms with Gasteiger partial charge in [-0.15, -0.1) is 0 Å². The number of ether oxygens (including phenoxy) is 1. The van der Waals surface area contributed by atoms with Crippen molar-refractivity contribution in [2.75, 3.05) is 12.4 Å². The smallest absolute Gasteiger partial charge is 0.234 e. The van der Waals surface area contributed by atoms with Gasteiger partial charge in [0.1, 0.15) is 11.6 Å². The zero-order valence-electron chi connectivity index (χ0n) is 14.1. The number of rotatable bonds is 4. The molecular weight excluding hydrogens is 343 g/mol. The third-order valence-corrected chi connectivity index (χ3v) is 4.60. The lowest BCUT2D eigenvalue weighted by Gasteiger charge is -2.23. The summed E-state index contributed by atoms with van der Waals surface area (Å²) >= 11 is 5.78. The number of aromatic amines is 1. The fourth-order valence-corrected chi connectivity index (χ4v) is 2.91. The second kappa shape index (κ2) is 6.41. The third kappa shape index (κ3) is 3.20. The van der Waals surface area contributed by atoms with Gasteiger partial charge in [-0.25, -0.2) is 4.39 Å². The Labute approximate surface area is 149 Å². The van der Waals surface area contributed by atoms with Crippen LogP contribution < -0.4 is 10.1 Å². The summed E-state index contributed by atoms with van der Waals surface area (Å²) in [6.07, 6.45) is 1.82. The highest BCUT2D eigenvalue weighted by Crippen LogP contribution is 2.33. The van der Waals surface area contributed by atoms with Crippen molar-refractivity contribution >= 4 is 34.1 Å². The summed E-state index contributed by atoms with van der Waals surface area (Å²) in [5.41, 5.74) is 1.38. The number of halogens is 2. The number of anilines is 1.